The van der Waals surface area contributed by atoms with Crippen LogP contribution in [0.25, 0.3) is 0 Å². The minimum Gasteiger partial charge on any atom is -0.383 e. The zero-order valence-electron chi connectivity index (χ0n) is 10.4. The van der Waals surface area contributed by atoms with Crippen molar-refractivity contribution in [1.29, 1.82) is 0 Å². The maximum absolute atomic E-state index is 12.0. The summed E-state index contributed by atoms with van der Waals surface area (Å²) in [6.45, 7) is 0.725. The maximum Gasteiger partial charge on any atom is 0.166 e. The predicted molar refractivity (Wildman–Crippen MR) is 80.8 cm³/mol. The molecule has 0 radical (unpaired) electrons. The van der Waals surface area contributed by atoms with E-state index in [1.807, 2.05) is 24.3 Å². The summed E-state index contributed by atoms with van der Waals surface area (Å²) < 4.78 is 0.976. The molecule has 0 amide bonds. The van der Waals surface area contributed by atoms with E-state index in [4.69, 9.17) is 0 Å². The first-order chi connectivity index (χ1) is 9.24. The lowest BCUT2D eigenvalue weighted by molar-refractivity contribution is 0.0983. The number of anilines is 1. The SMILES string of the molecule is O=C1CCNc2c(Br)cc(Cc3ccccc3)cc21. The second-order valence-corrected chi connectivity index (χ2v) is 5.62. The van der Waals surface area contributed by atoms with Gasteiger partial charge in [-0.1, -0.05) is 30.3 Å². The van der Waals surface area contributed by atoms with Crippen molar-refractivity contribution in [3.63, 3.8) is 0 Å². The molecule has 0 saturated heterocycles. The zero-order valence-corrected chi connectivity index (χ0v) is 12.0. The molecular formula is C16H14BrNO. The van der Waals surface area contributed by atoms with E-state index in [-0.39, 0.29) is 5.78 Å². The molecule has 3 heteroatoms. The number of hydrogen-bond donors (Lipinski definition) is 1. The highest BCUT2D eigenvalue weighted by Crippen LogP contribution is 2.32. The number of carbonyl (C=O) groups is 1. The monoisotopic (exact) mass is 315 g/mol. The summed E-state index contributed by atoms with van der Waals surface area (Å²) in [6, 6.07) is 14.4. The molecule has 2 aromatic carbocycles. The minimum absolute atomic E-state index is 0.226. The van der Waals surface area contributed by atoms with Crippen LogP contribution >= 0.6 is 15.9 Å². The molecule has 0 aromatic heterocycles. The lowest BCUT2D eigenvalue weighted by Gasteiger charge is -2.19. The molecule has 0 fully saturated rings. The third-order valence-electron chi connectivity index (χ3n) is 3.36. The van der Waals surface area contributed by atoms with Crippen LogP contribution in [0.15, 0.2) is 46.9 Å². The van der Waals surface area contributed by atoms with Gasteiger partial charge in [0.15, 0.2) is 5.78 Å². The van der Waals surface area contributed by atoms with Gasteiger partial charge in [0.25, 0.3) is 0 Å². The van der Waals surface area contributed by atoms with Crippen molar-refractivity contribution >= 4 is 27.4 Å². The topological polar surface area (TPSA) is 29.1 Å². The van der Waals surface area contributed by atoms with Crippen LogP contribution in [-0.4, -0.2) is 12.3 Å². The molecule has 2 nitrogen and oxygen atoms in total. The van der Waals surface area contributed by atoms with Gasteiger partial charge in [-0.2, -0.15) is 0 Å². The first-order valence-corrected chi connectivity index (χ1v) is 7.17. The van der Waals surface area contributed by atoms with Gasteiger partial charge in [-0.25, -0.2) is 0 Å². The molecular weight excluding hydrogens is 302 g/mol. The quantitative estimate of drug-likeness (QED) is 0.906. The molecule has 2 aromatic rings. The maximum atomic E-state index is 12.0. The number of halogens is 1. The Balaban J connectivity index is 1.98. The van der Waals surface area contributed by atoms with Crippen molar-refractivity contribution in [3.05, 3.63) is 63.6 Å². The Kier molecular flexibility index (Phi) is 3.38. The van der Waals surface area contributed by atoms with E-state index in [1.165, 1.54) is 5.56 Å². The average molecular weight is 316 g/mol. The zero-order chi connectivity index (χ0) is 13.2. The Morgan fingerprint density at radius 3 is 2.68 bits per heavy atom. The van der Waals surface area contributed by atoms with Gasteiger partial charge in [0.1, 0.15) is 0 Å². The highest BCUT2D eigenvalue weighted by Gasteiger charge is 2.19. The number of fused-ring (bicyclic) bond motifs is 1. The first kappa shape index (κ1) is 12.4. The standard InChI is InChI=1S/C16H14BrNO/c17-14-10-12(8-11-4-2-1-3-5-11)9-13-15(19)6-7-18-16(13)14/h1-5,9-10,18H,6-8H2. The second-order valence-electron chi connectivity index (χ2n) is 4.76. The smallest absolute Gasteiger partial charge is 0.166 e. The van der Waals surface area contributed by atoms with E-state index >= 15 is 0 Å². The molecule has 0 aliphatic carbocycles. The third-order valence-corrected chi connectivity index (χ3v) is 3.98. The summed E-state index contributed by atoms with van der Waals surface area (Å²) in [5.74, 6) is 0.226. The number of hydrogen-bond acceptors (Lipinski definition) is 2. The molecule has 19 heavy (non-hydrogen) atoms. The molecule has 0 saturated carbocycles. The molecule has 0 bridgehead atoms. The highest BCUT2D eigenvalue weighted by atomic mass is 79.9. The van der Waals surface area contributed by atoms with E-state index in [0.717, 1.165) is 34.3 Å². The Morgan fingerprint density at radius 1 is 1.11 bits per heavy atom. The largest absolute Gasteiger partial charge is 0.383 e. The Bertz CT molecular complexity index is 622. The van der Waals surface area contributed by atoms with Crippen molar-refractivity contribution in [2.75, 3.05) is 11.9 Å². The van der Waals surface area contributed by atoms with Crippen LogP contribution in [0.2, 0.25) is 0 Å². The summed E-state index contributed by atoms with van der Waals surface area (Å²) in [6.07, 6.45) is 1.42. The average Bonchev–Trinajstić information content (AvgIpc) is 2.41. The van der Waals surface area contributed by atoms with E-state index < -0.39 is 0 Å². The number of carbonyl (C=O) groups excluding carboxylic acids is 1. The van der Waals surface area contributed by atoms with Gasteiger partial charge in [-0.15, -0.1) is 0 Å². The molecule has 3 rings (SSSR count). The van der Waals surface area contributed by atoms with Gasteiger partial charge in [-0.3, -0.25) is 4.79 Å². The predicted octanol–water partition coefficient (Wildman–Crippen LogP) is 4.04. The fourth-order valence-electron chi connectivity index (χ4n) is 2.43. The highest BCUT2D eigenvalue weighted by molar-refractivity contribution is 9.10. The van der Waals surface area contributed by atoms with Gasteiger partial charge in [0, 0.05) is 23.0 Å². The third kappa shape index (κ3) is 2.56. The van der Waals surface area contributed by atoms with Crippen LogP contribution in [0.3, 0.4) is 0 Å². The lowest BCUT2D eigenvalue weighted by Crippen LogP contribution is -2.18. The Morgan fingerprint density at radius 2 is 1.89 bits per heavy atom. The molecule has 1 aliphatic heterocycles. The van der Waals surface area contributed by atoms with Crippen LogP contribution in [0, 0.1) is 0 Å². The van der Waals surface area contributed by atoms with Crippen molar-refractivity contribution in [2.24, 2.45) is 0 Å². The normalized spacial score (nSPS) is 13.8. The fourth-order valence-corrected chi connectivity index (χ4v) is 3.08. The summed E-state index contributed by atoms with van der Waals surface area (Å²) in [7, 11) is 0. The van der Waals surface area contributed by atoms with Gasteiger partial charge in [-0.05, 0) is 45.6 Å². The number of rotatable bonds is 2. The molecule has 1 heterocycles. The second kappa shape index (κ2) is 5.17. The summed E-state index contributed by atoms with van der Waals surface area (Å²) in [4.78, 5) is 12.0. The van der Waals surface area contributed by atoms with Crippen molar-refractivity contribution in [1.82, 2.24) is 0 Å². The van der Waals surface area contributed by atoms with E-state index in [9.17, 15) is 4.79 Å². The van der Waals surface area contributed by atoms with Crippen LogP contribution in [-0.2, 0) is 6.42 Å². The van der Waals surface area contributed by atoms with Gasteiger partial charge in [0.2, 0.25) is 0 Å². The molecule has 1 N–H and O–H groups in total. The van der Waals surface area contributed by atoms with Crippen molar-refractivity contribution in [3.8, 4) is 0 Å². The van der Waals surface area contributed by atoms with E-state index in [1.54, 1.807) is 0 Å². The van der Waals surface area contributed by atoms with Gasteiger partial charge in [0.05, 0.1) is 5.69 Å². The fraction of sp³-hybridized carbons (Fsp3) is 0.188. The lowest BCUT2D eigenvalue weighted by atomic mass is 9.96. The van der Waals surface area contributed by atoms with Gasteiger partial charge < -0.3 is 5.32 Å². The first-order valence-electron chi connectivity index (χ1n) is 6.37. The van der Waals surface area contributed by atoms with Crippen molar-refractivity contribution < 1.29 is 4.79 Å². The Hall–Kier alpha value is -1.61. The van der Waals surface area contributed by atoms with Crippen molar-refractivity contribution in [2.45, 2.75) is 12.8 Å². The molecule has 96 valence electrons. The molecule has 0 unspecified atom stereocenters. The van der Waals surface area contributed by atoms with Crippen LogP contribution in [0.5, 0.6) is 0 Å². The number of nitrogens with one attached hydrogen (secondary N) is 1. The molecule has 1 aliphatic rings. The number of benzene rings is 2. The van der Waals surface area contributed by atoms with E-state index in [0.29, 0.717) is 6.42 Å². The summed E-state index contributed by atoms with van der Waals surface area (Å²) in [5, 5.41) is 3.28. The van der Waals surface area contributed by atoms with Crippen LogP contribution in [0.4, 0.5) is 5.69 Å². The molecule has 0 atom stereocenters. The number of Topliss-reactive ketones (excluding diaryl/α,β-unsaturated/α-hetero) is 1. The van der Waals surface area contributed by atoms with Crippen LogP contribution in [0.1, 0.15) is 27.9 Å². The van der Waals surface area contributed by atoms with E-state index in [2.05, 4.69) is 39.4 Å². The number of ketones is 1. The summed E-state index contributed by atoms with van der Waals surface area (Å²) >= 11 is 3.56. The Labute approximate surface area is 121 Å². The minimum atomic E-state index is 0.226. The van der Waals surface area contributed by atoms with Gasteiger partial charge >= 0.3 is 0 Å². The summed E-state index contributed by atoms with van der Waals surface area (Å²) in [5.41, 5.74) is 4.17. The molecule has 0 spiro atoms. The van der Waals surface area contributed by atoms with Crippen LogP contribution < -0.4 is 5.32 Å².